The van der Waals surface area contributed by atoms with Crippen molar-refractivity contribution in [2.75, 3.05) is 19.0 Å². The van der Waals surface area contributed by atoms with E-state index in [-0.39, 0.29) is 12.5 Å². The molecule has 0 atom stereocenters. The molecule has 0 bridgehead atoms. The molecule has 0 heterocycles. The molecule has 0 spiro atoms. The number of carbonyl (C=O) groups excluding carboxylic acids is 1. The van der Waals surface area contributed by atoms with Gasteiger partial charge in [0, 0.05) is 0 Å². The molecular weight excluding hydrogens is 302 g/mol. The summed E-state index contributed by atoms with van der Waals surface area (Å²) < 4.78 is 5.23. The molecule has 2 rings (SSSR count). The van der Waals surface area contributed by atoms with Crippen LogP contribution in [0, 0.1) is 20.8 Å². The number of para-hydroxylation sites is 2. The predicted octanol–water partition coefficient (Wildman–Crippen LogP) is 3.18. The summed E-state index contributed by atoms with van der Waals surface area (Å²) in [6.07, 6.45) is 1.67. The van der Waals surface area contributed by atoms with Gasteiger partial charge < -0.3 is 10.1 Å². The summed E-state index contributed by atoms with van der Waals surface area (Å²) in [6, 6.07) is 11.6. The van der Waals surface area contributed by atoms with E-state index in [2.05, 4.69) is 41.8 Å². The quantitative estimate of drug-likeness (QED) is 0.633. The molecule has 0 saturated carbocycles. The van der Waals surface area contributed by atoms with Crippen molar-refractivity contribution in [1.82, 2.24) is 5.43 Å². The Kier molecular flexibility index (Phi) is 5.95. The molecule has 0 fully saturated rings. The number of hydrogen-bond acceptors (Lipinski definition) is 4. The van der Waals surface area contributed by atoms with Gasteiger partial charge in [0.05, 0.1) is 25.6 Å². The number of amides is 1. The van der Waals surface area contributed by atoms with E-state index in [0.717, 1.165) is 16.8 Å². The largest absolute Gasteiger partial charge is 0.495 e. The summed E-state index contributed by atoms with van der Waals surface area (Å²) in [4.78, 5) is 11.9. The van der Waals surface area contributed by atoms with Gasteiger partial charge in [-0.05, 0) is 61.2 Å². The Labute approximate surface area is 142 Å². The topological polar surface area (TPSA) is 62.7 Å². The van der Waals surface area contributed by atoms with Crippen LogP contribution in [0.4, 0.5) is 5.69 Å². The zero-order chi connectivity index (χ0) is 17.5. The third kappa shape index (κ3) is 4.59. The number of anilines is 1. The predicted molar refractivity (Wildman–Crippen MR) is 97.9 cm³/mol. The zero-order valence-corrected chi connectivity index (χ0v) is 14.5. The van der Waals surface area contributed by atoms with Crippen molar-refractivity contribution in [2.45, 2.75) is 20.8 Å². The number of nitrogens with one attached hydrogen (secondary N) is 2. The summed E-state index contributed by atoms with van der Waals surface area (Å²) in [7, 11) is 1.59. The highest BCUT2D eigenvalue weighted by Gasteiger charge is 2.04. The Hall–Kier alpha value is -2.82. The molecule has 24 heavy (non-hydrogen) atoms. The molecule has 2 aromatic carbocycles. The van der Waals surface area contributed by atoms with E-state index < -0.39 is 0 Å². The number of methoxy groups -OCH3 is 1. The molecule has 5 heteroatoms. The molecule has 0 aliphatic heterocycles. The summed E-state index contributed by atoms with van der Waals surface area (Å²) in [5.74, 6) is 0.471. The maximum atomic E-state index is 11.9. The highest BCUT2D eigenvalue weighted by atomic mass is 16.5. The van der Waals surface area contributed by atoms with E-state index >= 15 is 0 Å². The number of aryl methyl sites for hydroxylation is 3. The molecule has 0 aromatic heterocycles. The van der Waals surface area contributed by atoms with Crippen LogP contribution in [-0.2, 0) is 4.79 Å². The van der Waals surface area contributed by atoms with Gasteiger partial charge in [-0.1, -0.05) is 18.2 Å². The number of hydrogen-bond donors (Lipinski definition) is 2. The average molecular weight is 325 g/mol. The summed E-state index contributed by atoms with van der Waals surface area (Å²) in [6.45, 7) is 6.28. The second-order valence-electron chi connectivity index (χ2n) is 5.64. The van der Waals surface area contributed by atoms with Crippen molar-refractivity contribution in [1.29, 1.82) is 0 Å². The van der Waals surface area contributed by atoms with E-state index in [1.807, 2.05) is 31.2 Å². The van der Waals surface area contributed by atoms with Gasteiger partial charge in [0.15, 0.2) is 0 Å². The van der Waals surface area contributed by atoms with Gasteiger partial charge in [-0.25, -0.2) is 5.43 Å². The lowest BCUT2D eigenvalue weighted by atomic mass is 10.0. The Morgan fingerprint density at radius 2 is 1.83 bits per heavy atom. The number of carbonyl (C=O) groups is 1. The van der Waals surface area contributed by atoms with Crippen molar-refractivity contribution < 1.29 is 9.53 Å². The molecule has 1 amide bonds. The third-order valence-corrected chi connectivity index (χ3v) is 3.82. The molecule has 2 N–H and O–H groups in total. The van der Waals surface area contributed by atoms with Gasteiger partial charge in [0.1, 0.15) is 5.75 Å². The lowest BCUT2D eigenvalue weighted by molar-refractivity contribution is -0.119. The standard InChI is InChI=1S/C19H23N3O2/c1-13-9-15(3)16(10-14(13)2)11-21-22-19(23)12-20-17-7-5-6-8-18(17)24-4/h5-11,20H,12H2,1-4H3,(H,22,23)/b21-11-. The van der Waals surface area contributed by atoms with Gasteiger partial charge in [0.2, 0.25) is 0 Å². The highest BCUT2D eigenvalue weighted by Crippen LogP contribution is 2.22. The number of nitrogens with zero attached hydrogens (tertiary/aromatic N) is 1. The van der Waals surface area contributed by atoms with Gasteiger partial charge in [-0.3, -0.25) is 4.79 Å². The molecule has 0 radical (unpaired) electrons. The number of benzene rings is 2. The fraction of sp³-hybridized carbons (Fsp3) is 0.263. The number of hydrazone groups is 1. The fourth-order valence-electron chi connectivity index (χ4n) is 2.30. The Morgan fingerprint density at radius 1 is 1.12 bits per heavy atom. The van der Waals surface area contributed by atoms with Crippen LogP contribution in [0.1, 0.15) is 22.3 Å². The van der Waals surface area contributed by atoms with Crippen molar-refractivity contribution in [3.05, 3.63) is 58.7 Å². The van der Waals surface area contributed by atoms with E-state index in [1.165, 1.54) is 11.1 Å². The Bertz CT molecular complexity index is 754. The van der Waals surface area contributed by atoms with Crippen LogP contribution in [0.2, 0.25) is 0 Å². The monoisotopic (exact) mass is 325 g/mol. The minimum absolute atomic E-state index is 0.115. The molecule has 0 aliphatic rings. The van der Waals surface area contributed by atoms with Crippen molar-refractivity contribution >= 4 is 17.8 Å². The van der Waals surface area contributed by atoms with Crippen LogP contribution < -0.4 is 15.5 Å². The zero-order valence-electron chi connectivity index (χ0n) is 14.5. The maximum Gasteiger partial charge on any atom is 0.259 e. The lowest BCUT2D eigenvalue weighted by Gasteiger charge is -2.09. The van der Waals surface area contributed by atoms with Crippen LogP contribution in [0.25, 0.3) is 0 Å². The Morgan fingerprint density at radius 3 is 2.58 bits per heavy atom. The van der Waals surface area contributed by atoms with Crippen LogP contribution in [0.15, 0.2) is 41.5 Å². The average Bonchev–Trinajstić information content (AvgIpc) is 2.57. The van der Waals surface area contributed by atoms with Crippen LogP contribution in [0.5, 0.6) is 5.75 Å². The third-order valence-electron chi connectivity index (χ3n) is 3.82. The molecule has 126 valence electrons. The van der Waals surface area contributed by atoms with Gasteiger partial charge in [-0.15, -0.1) is 0 Å². The first-order chi connectivity index (χ1) is 11.5. The van der Waals surface area contributed by atoms with E-state index in [4.69, 9.17) is 4.74 Å². The first-order valence-electron chi connectivity index (χ1n) is 7.78. The number of ether oxygens (including phenoxy) is 1. The number of rotatable bonds is 6. The minimum atomic E-state index is -0.223. The summed E-state index contributed by atoms with van der Waals surface area (Å²) in [5.41, 5.74) is 7.86. The first-order valence-corrected chi connectivity index (χ1v) is 7.78. The van der Waals surface area contributed by atoms with E-state index in [9.17, 15) is 4.79 Å². The van der Waals surface area contributed by atoms with Crippen molar-refractivity contribution in [2.24, 2.45) is 5.10 Å². The second kappa shape index (κ2) is 8.15. The lowest BCUT2D eigenvalue weighted by Crippen LogP contribution is -2.26. The van der Waals surface area contributed by atoms with Gasteiger partial charge in [0.25, 0.3) is 5.91 Å². The molecular formula is C19H23N3O2. The van der Waals surface area contributed by atoms with Crippen molar-refractivity contribution in [3.63, 3.8) is 0 Å². The van der Waals surface area contributed by atoms with Crippen LogP contribution in [0.3, 0.4) is 0 Å². The molecule has 2 aromatic rings. The highest BCUT2D eigenvalue weighted by molar-refractivity contribution is 5.85. The fourth-order valence-corrected chi connectivity index (χ4v) is 2.30. The van der Waals surface area contributed by atoms with Crippen LogP contribution in [-0.4, -0.2) is 25.8 Å². The molecule has 0 aliphatic carbocycles. The summed E-state index contributed by atoms with van der Waals surface area (Å²) in [5, 5.41) is 7.06. The van der Waals surface area contributed by atoms with Gasteiger partial charge in [-0.2, -0.15) is 5.10 Å². The van der Waals surface area contributed by atoms with Crippen LogP contribution >= 0.6 is 0 Å². The Balaban J connectivity index is 1.90. The molecule has 0 saturated heterocycles. The molecule has 0 unspecified atom stereocenters. The normalized spacial score (nSPS) is 10.7. The smallest absolute Gasteiger partial charge is 0.259 e. The minimum Gasteiger partial charge on any atom is -0.495 e. The summed E-state index contributed by atoms with van der Waals surface area (Å²) >= 11 is 0. The van der Waals surface area contributed by atoms with E-state index in [0.29, 0.717) is 5.75 Å². The van der Waals surface area contributed by atoms with Crippen molar-refractivity contribution in [3.8, 4) is 5.75 Å². The first kappa shape index (κ1) is 17.5. The SMILES string of the molecule is COc1ccccc1NCC(=O)N/N=C\c1cc(C)c(C)cc1C. The second-order valence-corrected chi connectivity index (χ2v) is 5.64. The maximum absolute atomic E-state index is 11.9. The molecule has 5 nitrogen and oxygen atoms in total. The van der Waals surface area contributed by atoms with E-state index in [1.54, 1.807) is 13.3 Å². The van der Waals surface area contributed by atoms with Gasteiger partial charge >= 0.3 is 0 Å².